The molecule has 1 heterocycles. The predicted octanol–water partition coefficient (Wildman–Crippen LogP) is 2.49. The first-order valence-electron chi connectivity index (χ1n) is 11.7. The molecule has 1 amide bonds. The highest BCUT2D eigenvalue weighted by Crippen LogP contribution is 2.32. The van der Waals surface area contributed by atoms with Crippen molar-refractivity contribution >= 4 is 21.9 Å². The van der Waals surface area contributed by atoms with Crippen LogP contribution in [0.1, 0.15) is 51.9 Å². The summed E-state index contributed by atoms with van der Waals surface area (Å²) >= 11 is 0. The molecule has 2 aliphatic rings. The Morgan fingerprint density at radius 1 is 1.09 bits per heavy atom. The van der Waals surface area contributed by atoms with Crippen molar-refractivity contribution in [2.75, 3.05) is 39.5 Å². The zero-order valence-electron chi connectivity index (χ0n) is 19.2. The number of rotatable bonds is 14. The molecule has 3 rings (SSSR count). The molecule has 10 heteroatoms. The van der Waals surface area contributed by atoms with Crippen LogP contribution in [-0.4, -0.2) is 64.6 Å². The molecule has 1 saturated carbocycles. The first-order valence-corrected chi connectivity index (χ1v) is 13.2. The molecule has 1 aromatic rings. The van der Waals surface area contributed by atoms with E-state index in [1.54, 1.807) is 17.9 Å². The molecule has 0 radical (unpaired) electrons. The van der Waals surface area contributed by atoms with Gasteiger partial charge < -0.3 is 19.1 Å². The fourth-order valence-corrected chi connectivity index (χ4v) is 4.70. The highest BCUT2D eigenvalue weighted by molar-refractivity contribution is 7.89. The van der Waals surface area contributed by atoms with Gasteiger partial charge in [-0.3, -0.25) is 9.59 Å². The number of amides is 1. The van der Waals surface area contributed by atoms with E-state index in [0.717, 1.165) is 19.3 Å². The predicted molar refractivity (Wildman–Crippen MR) is 122 cm³/mol. The van der Waals surface area contributed by atoms with Crippen LogP contribution in [0.2, 0.25) is 0 Å². The summed E-state index contributed by atoms with van der Waals surface area (Å²) in [7, 11) is -3.64. The van der Waals surface area contributed by atoms with Crippen LogP contribution >= 0.6 is 0 Å². The summed E-state index contributed by atoms with van der Waals surface area (Å²) in [5, 5.41) is 0. The third kappa shape index (κ3) is 8.19. The van der Waals surface area contributed by atoms with Crippen molar-refractivity contribution in [1.29, 1.82) is 0 Å². The maximum absolute atomic E-state index is 12.6. The minimum absolute atomic E-state index is 0.0445. The van der Waals surface area contributed by atoms with E-state index in [4.69, 9.17) is 14.2 Å². The number of sulfonamides is 1. The third-order valence-corrected chi connectivity index (χ3v) is 7.06. The highest BCUT2D eigenvalue weighted by atomic mass is 32.2. The van der Waals surface area contributed by atoms with Crippen LogP contribution < -0.4 is 14.2 Å². The summed E-state index contributed by atoms with van der Waals surface area (Å²) in [4.78, 5) is 26.2. The Hall–Kier alpha value is -2.33. The summed E-state index contributed by atoms with van der Waals surface area (Å²) in [5.74, 6) is 1.29. The fraction of sp³-hybridized carbons (Fsp3) is 0.652. The standard InChI is InChI=1S/C23H34N2O7S/c1-2-30-23(27)11-13-25(17-18-7-8-18)22(26)6-4-3-5-12-24-33(28,29)19-9-10-20-21(16-19)32-15-14-31-20/h9-10,16,18,24H,2-8,11-15,17H2,1H3. The van der Waals surface area contributed by atoms with Crippen LogP contribution in [0, 0.1) is 5.92 Å². The van der Waals surface area contributed by atoms with E-state index < -0.39 is 10.0 Å². The first kappa shape index (κ1) is 25.3. The molecule has 1 aliphatic heterocycles. The zero-order valence-corrected chi connectivity index (χ0v) is 20.0. The molecule has 0 saturated heterocycles. The van der Waals surface area contributed by atoms with Crippen molar-refractivity contribution in [1.82, 2.24) is 9.62 Å². The van der Waals surface area contributed by atoms with Gasteiger partial charge in [0.05, 0.1) is 17.9 Å². The lowest BCUT2D eigenvalue weighted by molar-refractivity contribution is -0.144. The quantitative estimate of drug-likeness (QED) is 0.320. The fourth-order valence-electron chi connectivity index (χ4n) is 3.61. The topological polar surface area (TPSA) is 111 Å². The molecule has 0 unspecified atom stereocenters. The van der Waals surface area contributed by atoms with Gasteiger partial charge in [0, 0.05) is 32.1 Å². The molecule has 9 nitrogen and oxygen atoms in total. The van der Waals surface area contributed by atoms with Crippen molar-refractivity contribution in [3.63, 3.8) is 0 Å². The Bertz CT molecular complexity index is 915. The van der Waals surface area contributed by atoms with Crippen LogP contribution in [0.5, 0.6) is 11.5 Å². The van der Waals surface area contributed by atoms with Gasteiger partial charge >= 0.3 is 5.97 Å². The van der Waals surface area contributed by atoms with Gasteiger partial charge in [-0.25, -0.2) is 13.1 Å². The summed E-state index contributed by atoms with van der Waals surface area (Å²) < 4.78 is 43.5. The summed E-state index contributed by atoms with van der Waals surface area (Å²) in [6, 6.07) is 4.57. The number of carbonyl (C=O) groups excluding carboxylic acids is 2. The van der Waals surface area contributed by atoms with Crippen molar-refractivity contribution < 1.29 is 32.2 Å². The molecule has 0 atom stereocenters. The van der Waals surface area contributed by atoms with Crippen LogP contribution in [0.3, 0.4) is 0 Å². The van der Waals surface area contributed by atoms with Gasteiger partial charge in [0.2, 0.25) is 15.9 Å². The van der Waals surface area contributed by atoms with Crippen molar-refractivity contribution in [2.24, 2.45) is 5.92 Å². The van der Waals surface area contributed by atoms with Gasteiger partial charge in [-0.05, 0) is 50.7 Å². The van der Waals surface area contributed by atoms with Crippen molar-refractivity contribution in [2.45, 2.75) is 56.8 Å². The van der Waals surface area contributed by atoms with Crippen LogP contribution in [0.4, 0.5) is 0 Å². The van der Waals surface area contributed by atoms with E-state index >= 15 is 0 Å². The molecule has 0 spiro atoms. The third-order valence-electron chi connectivity index (χ3n) is 5.60. The molecule has 1 aromatic carbocycles. The summed E-state index contributed by atoms with van der Waals surface area (Å²) in [6.07, 6.45) is 4.90. The smallest absolute Gasteiger partial charge is 0.307 e. The molecule has 0 aromatic heterocycles. The van der Waals surface area contributed by atoms with E-state index in [9.17, 15) is 18.0 Å². The molecule has 0 bridgehead atoms. The maximum Gasteiger partial charge on any atom is 0.307 e. The highest BCUT2D eigenvalue weighted by Gasteiger charge is 2.27. The van der Waals surface area contributed by atoms with Crippen LogP contribution in [0.15, 0.2) is 23.1 Å². The van der Waals surface area contributed by atoms with Crippen molar-refractivity contribution in [3.8, 4) is 11.5 Å². The minimum Gasteiger partial charge on any atom is -0.486 e. The SMILES string of the molecule is CCOC(=O)CCN(CC1CC1)C(=O)CCCCCNS(=O)(=O)c1ccc2c(c1)OCCO2. The van der Waals surface area contributed by atoms with Crippen LogP contribution in [-0.2, 0) is 24.3 Å². The molecule has 1 aliphatic carbocycles. The van der Waals surface area contributed by atoms with Gasteiger partial charge in [-0.15, -0.1) is 0 Å². The Labute approximate surface area is 195 Å². The molecule has 184 valence electrons. The minimum atomic E-state index is -3.64. The largest absolute Gasteiger partial charge is 0.486 e. The zero-order chi connectivity index (χ0) is 23.7. The Morgan fingerprint density at radius 2 is 1.85 bits per heavy atom. The Morgan fingerprint density at radius 3 is 2.58 bits per heavy atom. The number of carbonyl (C=O) groups is 2. The van der Waals surface area contributed by atoms with Gasteiger partial charge in [0.15, 0.2) is 11.5 Å². The number of fused-ring (bicyclic) bond motifs is 1. The van der Waals surface area contributed by atoms with E-state index in [1.165, 1.54) is 12.1 Å². The number of esters is 1. The second-order valence-corrected chi connectivity index (χ2v) is 10.1. The van der Waals surface area contributed by atoms with Gasteiger partial charge in [-0.2, -0.15) is 0 Å². The molecular weight excluding hydrogens is 448 g/mol. The van der Waals surface area contributed by atoms with E-state index in [1.807, 2.05) is 0 Å². The number of unbranched alkanes of at least 4 members (excludes halogenated alkanes) is 2. The lowest BCUT2D eigenvalue weighted by Gasteiger charge is -2.22. The molecule has 33 heavy (non-hydrogen) atoms. The lowest BCUT2D eigenvalue weighted by atomic mass is 10.1. The van der Waals surface area contributed by atoms with E-state index in [-0.39, 0.29) is 23.2 Å². The van der Waals surface area contributed by atoms with Gasteiger partial charge in [0.1, 0.15) is 13.2 Å². The average molecular weight is 483 g/mol. The average Bonchev–Trinajstić information content (AvgIpc) is 3.62. The second-order valence-electron chi connectivity index (χ2n) is 8.35. The summed E-state index contributed by atoms with van der Waals surface area (Å²) in [6.45, 7) is 4.33. The number of nitrogens with zero attached hydrogens (tertiary/aromatic N) is 1. The molecular formula is C23H34N2O7S. The first-order chi connectivity index (χ1) is 15.9. The Balaban J connectivity index is 1.36. The molecule has 1 N–H and O–H groups in total. The molecule has 1 fully saturated rings. The lowest BCUT2D eigenvalue weighted by Crippen LogP contribution is -2.35. The monoisotopic (exact) mass is 482 g/mol. The number of benzene rings is 1. The number of hydrogen-bond acceptors (Lipinski definition) is 7. The van der Waals surface area contributed by atoms with Crippen molar-refractivity contribution in [3.05, 3.63) is 18.2 Å². The van der Waals surface area contributed by atoms with Gasteiger partial charge in [0.25, 0.3) is 0 Å². The van der Waals surface area contributed by atoms with E-state index in [0.29, 0.717) is 76.1 Å². The normalized spacial score (nSPS) is 15.2. The van der Waals surface area contributed by atoms with Crippen LogP contribution in [0.25, 0.3) is 0 Å². The maximum atomic E-state index is 12.6. The number of nitrogens with one attached hydrogen (secondary N) is 1. The van der Waals surface area contributed by atoms with Gasteiger partial charge in [-0.1, -0.05) is 6.42 Å². The number of ether oxygens (including phenoxy) is 3. The Kier molecular flexibility index (Phi) is 9.37. The summed E-state index contributed by atoms with van der Waals surface area (Å²) in [5.41, 5.74) is 0. The number of hydrogen-bond donors (Lipinski definition) is 1. The second kappa shape index (κ2) is 12.2. The van der Waals surface area contributed by atoms with E-state index in [2.05, 4.69) is 4.72 Å².